The summed E-state index contributed by atoms with van der Waals surface area (Å²) in [4.78, 5) is 4.28. The maximum absolute atomic E-state index is 6.22. The zero-order chi connectivity index (χ0) is 13.0. The highest BCUT2D eigenvalue weighted by molar-refractivity contribution is 9.10. The fraction of sp³-hybridized carbons (Fsp3) is 0.385. The number of aryl methyl sites for hydroxylation is 1. The van der Waals surface area contributed by atoms with Gasteiger partial charge in [0.25, 0.3) is 0 Å². The van der Waals surface area contributed by atoms with Crippen molar-refractivity contribution in [2.75, 3.05) is 0 Å². The van der Waals surface area contributed by atoms with Crippen LogP contribution in [0, 0.1) is 0 Å². The van der Waals surface area contributed by atoms with Crippen molar-refractivity contribution in [2.24, 2.45) is 5.73 Å². The minimum absolute atomic E-state index is 0.0534. The summed E-state index contributed by atoms with van der Waals surface area (Å²) in [6, 6.07) is 8.02. The monoisotopic (exact) mass is 308 g/mol. The van der Waals surface area contributed by atoms with E-state index in [1.54, 1.807) is 6.33 Å². The summed E-state index contributed by atoms with van der Waals surface area (Å²) < 4.78 is 2.98. The maximum Gasteiger partial charge on any atom is 0.138 e. The van der Waals surface area contributed by atoms with Crippen LogP contribution in [-0.4, -0.2) is 14.8 Å². The van der Waals surface area contributed by atoms with E-state index in [1.807, 2.05) is 28.9 Å². The average Bonchev–Trinajstić information content (AvgIpc) is 2.77. The molecule has 4 nitrogen and oxygen atoms in total. The molecule has 0 spiro atoms. The van der Waals surface area contributed by atoms with E-state index in [9.17, 15) is 0 Å². The molecule has 18 heavy (non-hydrogen) atoms. The third-order valence-corrected chi connectivity index (χ3v) is 3.30. The van der Waals surface area contributed by atoms with Gasteiger partial charge >= 0.3 is 0 Å². The number of nitrogens with zero attached hydrogens (tertiary/aromatic N) is 3. The molecule has 0 aliphatic heterocycles. The van der Waals surface area contributed by atoms with Crippen LogP contribution in [0.2, 0.25) is 0 Å². The first kappa shape index (κ1) is 13.2. The van der Waals surface area contributed by atoms with E-state index < -0.39 is 0 Å². The van der Waals surface area contributed by atoms with Crippen molar-refractivity contribution in [2.45, 2.75) is 32.4 Å². The first-order valence-corrected chi connectivity index (χ1v) is 6.87. The summed E-state index contributed by atoms with van der Waals surface area (Å²) >= 11 is 3.46. The Morgan fingerprint density at radius 3 is 3.00 bits per heavy atom. The van der Waals surface area contributed by atoms with Gasteiger partial charge in [-0.3, -0.25) is 4.68 Å². The van der Waals surface area contributed by atoms with Gasteiger partial charge in [-0.1, -0.05) is 35.0 Å². The van der Waals surface area contributed by atoms with Crippen LogP contribution in [0.1, 0.15) is 30.8 Å². The van der Waals surface area contributed by atoms with Crippen LogP contribution in [-0.2, 0) is 13.0 Å². The highest BCUT2D eigenvalue weighted by Gasteiger charge is 2.11. The summed E-state index contributed by atoms with van der Waals surface area (Å²) in [6.07, 6.45) is 3.34. The minimum atomic E-state index is -0.0534. The largest absolute Gasteiger partial charge is 0.324 e. The molecule has 0 fully saturated rings. The predicted octanol–water partition coefficient (Wildman–Crippen LogP) is 2.69. The second kappa shape index (κ2) is 6.11. The number of halogens is 1. The maximum atomic E-state index is 6.22. The molecule has 0 aliphatic rings. The van der Waals surface area contributed by atoms with Gasteiger partial charge in [-0.25, -0.2) is 4.98 Å². The Bertz CT molecular complexity index is 509. The second-order valence-corrected chi connectivity index (χ2v) is 5.18. The molecule has 0 saturated carbocycles. The fourth-order valence-corrected chi connectivity index (χ4v) is 2.31. The van der Waals surface area contributed by atoms with Crippen molar-refractivity contribution in [3.8, 4) is 0 Å². The van der Waals surface area contributed by atoms with Gasteiger partial charge in [0.1, 0.15) is 12.2 Å². The number of hydrogen-bond donors (Lipinski definition) is 1. The second-order valence-electron chi connectivity index (χ2n) is 4.27. The van der Waals surface area contributed by atoms with Gasteiger partial charge in [-0.05, 0) is 24.1 Å². The van der Waals surface area contributed by atoms with Gasteiger partial charge in [0, 0.05) is 23.5 Å². The molecule has 0 saturated heterocycles. The molecule has 1 aromatic carbocycles. The summed E-state index contributed by atoms with van der Waals surface area (Å²) in [5.74, 6) is 0.948. The zero-order valence-electron chi connectivity index (χ0n) is 10.4. The van der Waals surface area contributed by atoms with E-state index in [2.05, 4.69) is 32.9 Å². The highest BCUT2D eigenvalue weighted by atomic mass is 79.9. The number of aromatic nitrogens is 3. The molecule has 0 bridgehead atoms. The van der Waals surface area contributed by atoms with E-state index in [0.29, 0.717) is 6.42 Å². The molecule has 1 atom stereocenters. The lowest BCUT2D eigenvalue weighted by Gasteiger charge is -2.12. The third kappa shape index (κ3) is 3.17. The first-order chi connectivity index (χ1) is 8.70. The molecule has 0 radical (unpaired) electrons. The molecular weight excluding hydrogens is 292 g/mol. The topological polar surface area (TPSA) is 56.7 Å². The Hall–Kier alpha value is -1.20. The van der Waals surface area contributed by atoms with Crippen LogP contribution in [0.3, 0.4) is 0 Å². The van der Waals surface area contributed by atoms with E-state index in [1.165, 1.54) is 0 Å². The Morgan fingerprint density at radius 2 is 2.28 bits per heavy atom. The standard InChI is InChI=1S/C13H17BrN4/c1-2-6-18-13(16-9-17-18)8-12(15)10-4-3-5-11(14)7-10/h3-5,7,9,12H,2,6,8,15H2,1H3. The molecule has 96 valence electrons. The summed E-state index contributed by atoms with van der Waals surface area (Å²) in [7, 11) is 0. The Balaban J connectivity index is 2.11. The average molecular weight is 309 g/mol. The molecule has 2 N–H and O–H groups in total. The predicted molar refractivity (Wildman–Crippen MR) is 75.1 cm³/mol. The smallest absolute Gasteiger partial charge is 0.138 e. The third-order valence-electron chi connectivity index (χ3n) is 2.81. The number of nitrogens with two attached hydrogens (primary N) is 1. The van der Waals surface area contributed by atoms with Crippen molar-refractivity contribution < 1.29 is 0 Å². The Morgan fingerprint density at radius 1 is 1.44 bits per heavy atom. The van der Waals surface area contributed by atoms with Crippen LogP contribution >= 0.6 is 15.9 Å². The quantitative estimate of drug-likeness (QED) is 0.924. The molecule has 5 heteroatoms. The van der Waals surface area contributed by atoms with Crippen LogP contribution < -0.4 is 5.73 Å². The lowest BCUT2D eigenvalue weighted by atomic mass is 10.0. The van der Waals surface area contributed by atoms with E-state index in [-0.39, 0.29) is 6.04 Å². The van der Waals surface area contributed by atoms with Crippen LogP contribution in [0.15, 0.2) is 35.1 Å². The lowest BCUT2D eigenvalue weighted by Crippen LogP contribution is -2.17. The Kier molecular flexibility index (Phi) is 4.49. The normalized spacial score (nSPS) is 12.6. The molecule has 1 aromatic heterocycles. The molecule has 2 rings (SSSR count). The van der Waals surface area contributed by atoms with E-state index in [4.69, 9.17) is 5.73 Å². The van der Waals surface area contributed by atoms with Crippen LogP contribution in [0.4, 0.5) is 0 Å². The van der Waals surface area contributed by atoms with Gasteiger partial charge in [0.05, 0.1) is 0 Å². The molecule has 0 aliphatic carbocycles. The summed E-state index contributed by atoms with van der Waals surface area (Å²) in [6.45, 7) is 3.01. The van der Waals surface area contributed by atoms with Gasteiger partial charge in [-0.2, -0.15) is 5.10 Å². The van der Waals surface area contributed by atoms with Crippen LogP contribution in [0.5, 0.6) is 0 Å². The first-order valence-electron chi connectivity index (χ1n) is 6.08. The fourth-order valence-electron chi connectivity index (χ4n) is 1.90. The number of benzene rings is 1. The van der Waals surface area contributed by atoms with Crippen molar-refractivity contribution in [1.29, 1.82) is 0 Å². The van der Waals surface area contributed by atoms with Gasteiger partial charge in [0.2, 0.25) is 0 Å². The van der Waals surface area contributed by atoms with Crippen LogP contribution in [0.25, 0.3) is 0 Å². The highest BCUT2D eigenvalue weighted by Crippen LogP contribution is 2.19. The molecular formula is C13H17BrN4. The zero-order valence-corrected chi connectivity index (χ0v) is 12.0. The number of rotatable bonds is 5. The minimum Gasteiger partial charge on any atom is -0.324 e. The molecule has 2 aromatic rings. The summed E-state index contributed by atoms with van der Waals surface area (Å²) in [5, 5.41) is 4.21. The lowest BCUT2D eigenvalue weighted by molar-refractivity contribution is 0.548. The molecule has 1 heterocycles. The number of hydrogen-bond acceptors (Lipinski definition) is 3. The van der Waals surface area contributed by atoms with Crippen molar-refractivity contribution in [3.63, 3.8) is 0 Å². The van der Waals surface area contributed by atoms with E-state index >= 15 is 0 Å². The Labute approximate surface area is 115 Å². The van der Waals surface area contributed by atoms with Crippen molar-refractivity contribution >= 4 is 15.9 Å². The molecule has 0 amide bonds. The van der Waals surface area contributed by atoms with Crippen molar-refractivity contribution in [3.05, 3.63) is 46.5 Å². The SMILES string of the molecule is CCCn1ncnc1CC(N)c1cccc(Br)c1. The van der Waals surface area contributed by atoms with Gasteiger partial charge in [0.15, 0.2) is 0 Å². The molecule has 1 unspecified atom stereocenters. The van der Waals surface area contributed by atoms with Crippen molar-refractivity contribution in [1.82, 2.24) is 14.8 Å². The van der Waals surface area contributed by atoms with Gasteiger partial charge < -0.3 is 5.73 Å². The summed E-state index contributed by atoms with van der Waals surface area (Å²) in [5.41, 5.74) is 7.33. The van der Waals surface area contributed by atoms with Gasteiger partial charge in [-0.15, -0.1) is 0 Å². The van der Waals surface area contributed by atoms with E-state index in [0.717, 1.165) is 28.8 Å².